The Bertz CT molecular complexity index is 339. The number of amides is 1. The molecule has 0 saturated carbocycles. The van der Waals surface area contributed by atoms with E-state index in [9.17, 15) is 14.3 Å². The molecule has 14 heavy (non-hydrogen) atoms. The number of rotatable bonds is 3. The summed E-state index contributed by atoms with van der Waals surface area (Å²) in [6.07, 6.45) is 0. The van der Waals surface area contributed by atoms with Gasteiger partial charge in [0.25, 0.3) is 5.91 Å². The highest BCUT2D eigenvalue weighted by atomic mass is 19.1. The molecule has 0 aromatic heterocycles. The summed E-state index contributed by atoms with van der Waals surface area (Å²) in [5, 5.41) is 11.7. The van der Waals surface area contributed by atoms with Gasteiger partial charge in [0.1, 0.15) is 12.4 Å². The van der Waals surface area contributed by atoms with Crippen LogP contribution in [0.25, 0.3) is 0 Å². The highest BCUT2D eigenvalue weighted by Crippen LogP contribution is 2.17. The number of aryl methyl sites for hydroxylation is 1. The third-order valence-corrected chi connectivity index (χ3v) is 1.78. The summed E-state index contributed by atoms with van der Waals surface area (Å²) in [7, 11) is 0. The predicted octanol–water partition coefficient (Wildman–Crippen LogP) is 1.40. The molecule has 0 spiro atoms. The number of carbonyl (C=O) groups is 1. The Morgan fingerprint density at radius 3 is 2.93 bits per heavy atom. The fourth-order valence-electron chi connectivity index (χ4n) is 1.09. The fourth-order valence-corrected chi connectivity index (χ4v) is 1.09. The van der Waals surface area contributed by atoms with Crippen LogP contribution in [0.2, 0.25) is 0 Å². The number of hydrogen-bond acceptors (Lipinski definition) is 2. The van der Waals surface area contributed by atoms with Crippen LogP contribution in [0.3, 0.4) is 0 Å². The third-order valence-electron chi connectivity index (χ3n) is 1.78. The van der Waals surface area contributed by atoms with Crippen LogP contribution in [-0.2, 0) is 0 Å². The zero-order valence-corrected chi connectivity index (χ0v) is 7.88. The molecule has 3 nitrogen and oxygen atoms in total. The summed E-state index contributed by atoms with van der Waals surface area (Å²) >= 11 is 0. The van der Waals surface area contributed by atoms with Gasteiger partial charge in [0.05, 0.1) is 5.56 Å². The Kier molecular flexibility index (Phi) is 3.45. The standard InChI is InChI=1S/C10H12FNO2/c1-7-2-3-9(13)8(6-7)10(14)12-5-4-11/h2-3,6,13H,4-5H2,1H3,(H,12,14). The lowest BCUT2D eigenvalue weighted by Gasteiger charge is -2.05. The average molecular weight is 197 g/mol. The van der Waals surface area contributed by atoms with Gasteiger partial charge in [0, 0.05) is 6.54 Å². The van der Waals surface area contributed by atoms with Crippen molar-refractivity contribution in [2.45, 2.75) is 6.92 Å². The Balaban J connectivity index is 2.83. The van der Waals surface area contributed by atoms with E-state index in [1.807, 2.05) is 6.92 Å². The maximum atomic E-state index is 11.8. The van der Waals surface area contributed by atoms with Gasteiger partial charge in [-0.3, -0.25) is 4.79 Å². The molecule has 0 atom stereocenters. The van der Waals surface area contributed by atoms with Crippen LogP contribution in [0, 0.1) is 6.92 Å². The van der Waals surface area contributed by atoms with Crippen molar-refractivity contribution < 1.29 is 14.3 Å². The van der Waals surface area contributed by atoms with Crippen LogP contribution in [0.5, 0.6) is 5.75 Å². The molecule has 0 bridgehead atoms. The van der Waals surface area contributed by atoms with E-state index >= 15 is 0 Å². The van der Waals surface area contributed by atoms with Gasteiger partial charge in [-0.2, -0.15) is 0 Å². The van der Waals surface area contributed by atoms with E-state index in [-0.39, 0.29) is 17.9 Å². The van der Waals surface area contributed by atoms with Crippen LogP contribution in [-0.4, -0.2) is 24.2 Å². The summed E-state index contributed by atoms with van der Waals surface area (Å²) in [4.78, 5) is 11.3. The number of aromatic hydroxyl groups is 1. The van der Waals surface area contributed by atoms with Crippen LogP contribution in [0.4, 0.5) is 4.39 Å². The maximum absolute atomic E-state index is 11.8. The molecule has 0 fully saturated rings. The van der Waals surface area contributed by atoms with Gasteiger partial charge >= 0.3 is 0 Å². The van der Waals surface area contributed by atoms with Gasteiger partial charge in [-0.1, -0.05) is 11.6 Å². The van der Waals surface area contributed by atoms with Crippen LogP contribution >= 0.6 is 0 Å². The number of alkyl halides is 1. The zero-order valence-electron chi connectivity index (χ0n) is 7.88. The molecular weight excluding hydrogens is 185 g/mol. The first-order chi connectivity index (χ1) is 6.65. The lowest BCUT2D eigenvalue weighted by atomic mass is 10.1. The van der Waals surface area contributed by atoms with Gasteiger partial charge in [-0.25, -0.2) is 4.39 Å². The van der Waals surface area contributed by atoms with Gasteiger partial charge in [-0.15, -0.1) is 0 Å². The largest absolute Gasteiger partial charge is 0.507 e. The summed E-state index contributed by atoms with van der Waals surface area (Å²) in [6, 6.07) is 4.70. The molecule has 1 aromatic carbocycles. The fraction of sp³-hybridized carbons (Fsp3) is 0.300. The molecule has 0 aliphatic rings. The van der Waals surface area contributed by atoms with Crippen molar-refractivity contribution in [1.82, 2.24) is 5.32 Å². The van der Waals surface area contributed by atoms with E-state index in [1.54, 1.807) is 12.1 Å². The number of benzene rings is 1. The van der Waals surface area contributed by atoms with Gasteiger partial charge in [-0.05, 0) is 19.1 Å². The monoisotopic (exact) mass is 197 g/mol. The van der Waals surface area contributed by atoms with Crippen molar-refractivity contribution in [3.63, 3.8) is 0 Å². The molecule has 2 N–H and O–H groups in total. The molecule has 1 rings (SSSR count). The zero-order chi connectivity index (χ0) is 10.6. The molecule has 0 aliphatic carbocycles. The quantitative estimate of drug-likeness (QED) is 0.769. The average Bonchev–Trinajstić information content (AvgIpc) is 2.18. The van der Waals surface area contributed by atoms with Crippen LogP contribution in [0.1, 0.15) is 15.9 Å². The number of carbonyl (C=O) groups excluding carboxylic acids is 1. The Morgan fingerprint density at radius 2 is 2.29 bits per heavy atom. The highest BCUT2D eigenvalue weighted by molar-refractivity contribution is 5.96. The molecule has 0 radical (unpaired) electrons. The Hall–Kier alpha value is -1.58. The van der Waals surface area contributed by atoms with Crippen LogP contribution in [0.15, 0.2) is 18.2 Å². The number of halogens is 1. The van der Waals surface area contributed by atoms with Crippen molar-refractivity contribution in [1.29, 1.82) is 0 Å². The normalized spacial score (nSPS) is 9.86. The van der Waals surface area contributed by atoms with E-state index in [0.29, 0.717) is 0 Å². The van der Waals surface area contributed by atoms with E-state index in [4.69, 9.17) is 0 Å². The molecular formula is C10H12FNO2. The maximum Gasteiger partial charge on any atom is 0.255 e. The number of phenolic OH excluding ortho intramolecular Hbond substituents is 1. The summed E-state index contributed by atoms with van der Waals surface area (Å²) in [5.74, 6) is -0.546. The minimum absolute atomic E-state index is 0.0355. The van der Waals surface area contributed by atoms with E-state index in [1.165, 1.54) is 6.07 Å². The first-order valence-electron chi connectivity index (χ1n) is 4.29. The van der Waals surface area contributed by atoms with Crippen molar-refractivity contribution in [3.05, 3.63) is 29.3 Å². The van der Waals surface area contributed by atoms with Crippen molar-refractivity contribution in [3.8, 4) is 5.75 Å². The highest BCUT2D eigenvalue weighted by Gasteiger charge is 2.09. The molecule has 1 amide bonds. The van der Waals surface area contributed by atoms with E-state index in [2.05, 4.69) is 5.32 Å². The smallest absolute Gasteiger partial charge is 0.255 e. The van der Waals surface area contributed by atoms with Crippen molar-refractivity contribution in [2.24, 2.45) is 0 Å². The number of hydrogen-bond donors (Lipinski definition) is 2. The Morgan fingerprint density at radius 1 is 1.57 bits per heavy atom. The summed E-state index contributed by atoms with van der Waals surface area (Å²) in [6.45, 7) is 1.16. The van der Waals surface area contributed by atoms with E-state index < -0.39 is 12.6 Å². The second kappa shape index (κ2) is 4.60. The number of phenols is 1. The summed E-state index contributed by atoms with van der Waals surface area (Å²) in [5.41, 5.74) is 1.05. The molecule has 0 unspecified atom stereocenters. The SMILES string of the molecule is Cc1ccc(O)c(C(=O)NCCF)c1. The van der Waals surface area contributed by atoms with Gasteiger partial charge in [0.2, 0.25) is 0 Å². The first kappa shape index (κ1) is 10.5. The molecule has 0 heterocycles. The lowest BCUT2D eigenvalue weighted by molar-refractivity contribution is 0.0948. The van der Waals surface area contributed by atoms with Crippen molar-refractivity contribution >= 4 is 5.91 Å². The predicted molar refractivity (Wildman–Crippen MR) is 51.2 cm³/mol. The third kappa shape index (κ3) is 2.45. The molecule has 76 valence electrons. The van der Waals surface area contributed by atoms with Gasteiger partial charge < -0.3 is 10.4 Å². The molecule has 4 heteroatoms. The number of nitrogens with one attached hydrogen (secondary N) is 1. The van der Waals surface area contributed by atoms with E-state index in [0.717, 1.165) is 5.56 Å². The molecule has 0 saturated heterocycles. The minimum atomic E-state index is -0.613. The van der Waals surface area contributed by atoms with Gasteiger partial charge in [0.15, 0.2) is 0 Å². The Labute approximate surface area is 81.6 Å². The molecule has 0 aliphatic heterocycles. The van der Waals surface area contributed by atoms with Crippen LogP contribution < -0.4 is 5.32 Å². The topological polar surface area (TPSA) is 49.3 Å². The second-order valence-electron chi connectivity index (χ2n) is 2.97. The first-order valence-corrected chi connectivity index (χ1v) is 4.29. The lowest BCUT2D eigenvalue weighted by Crippen LogP contribution is -2.25. The van der Waals surface area contributed by atoms with Crippen molar-refractivity contribution in [2.75, 3.05) is 13.2 Å². The minimum Gasteiger partial charge on any atom is -0.507 e. The second-order valence-corrected chi connectivity index (χ2v) is 2.97. The summed E-state index contributed by atoms with van der Waals surface area (Å²) < 4.78 is 11.8. The molecule has 1 aromatic rings.